The predicted molar refractivity (Wildman–Crippen MR) is 62.5 cm³/mol. The van der Waals surface area contributed by atoms with Crippen molar-refractivity contribution in [3.05, 3.63) is 0 Å². The fourth-order valence-electron chi connectivity index (χ4n) is 2.44. The van der Waals surface area contributed by atoms with Crippen LogP contribution in [0.2, 0.25) is 0 Å². The van der Waals surface area contributed by atoms with Crippen molar-refractivity contribution in [1.29, 1.82) is 0 Å². The van der Waals surface area contributed by atoms with Crippen LogP contribution in [-0.4, -0.2) is 40.5 Å². The van der Waals surface area contributed by atoms with E-state index in [1.165, 1.54) is 0 Å². The lowest BCUT2D eigenvalue weighted by molar-refractivity contribution is 0.0110. The maximum atomic E-state index is 11.2. The SMILES string of the molecule is CC1CC(NC2CCS(=O)CC2)CCO1. The lowest BCUT2D eigenvalue weighted by Crippen LogP contribution is -2.45. The molecule has 2 heterocycles. The normalized spacial score (nSPS) is 42.7. The summed E-state index contributed by atoms with van der Waals surface area (Å²) in [6, 6.07) is 1.21. The molecule has 0 bridgehead atoms. The Morgan fingerprint density at radius 2 is 1.93 bits per heavy atom. The Morgan fingerprint density at radius 3 is 2.60 bits per heavy atom. The van der Waals surface area contributed by atoms with Crippen LogP contribution in [0.25, 0.3) is 0 Å². The van der Waals surface area contributed by atoms with Crippen molar-refractivity contribution in [2.75, 3.05) is 18.1 Å². The van der Waals surface area contributed by atoms with Gasteiger partial charge in [0, 0.05) is 41.0 Å². The van der Waals surface area contributed by atoms with Crippen molar-refractivity contribution in [3.8, 4) is 0 Å². The third kappa shape index (κ3) is 3.54. The van der Waals surface area contributed by atoms with Crippen molar-refractivity contribution >= 4 is 10.8 Å². The molecule has 0 radical (unpaired) electrons. The maximum absolute atomic E-state index is 11.2. The van der Waals surface area contributed by atoms with Crippen LogP contribution >= 0.6 is 0 Å². The lowest BCUT2D eigenvalue weighted by Gasteiger charge is -2.33. The summed E-state index contributed by atoms with van der Waals surface area (Å²) in [6.45, 7) is 3.03. The van der Waals surface area contributed by atoms with Crippen LogP contribution in [0, 0.1) is 0 Å². The van der Waals surface area contributed by atoms with Crippen molar-refractivity contribution in [1.82, 2.24) is 5.32 Å². The second-order valence-corrected chi connectivity index (χ2v) is 6.39. The molecule has 2 aliphatic rings. The molecule has 0 aromatic carbocycles. The van der Waals surface area contributed by atoms with Crippen LogP contribution in [0.4, 0.5) is 0 Å². The van der Waals surface area contributed by atoms with Gasteiger partial charge in [0.15, 0.2) is 0 Å². The van der Waals surface area contributed by atoms with E-state index >= 15 is 0 Å². The molecule has 0 spiro atoms. The van der Waals surface area contributed by atoms with Gasteiger partial charge >= 0.3 is 0 Å². The van der Waals surface area contributed by atoms with Gasteiger partial charge in [0.2, 0.25) is 0 Å². The Bertz CT molecular complexity index is 225. The molecular weight excluding hydrogens is 210 g/mol. The molecule has 2 rings (SSSR count). The predicted octanol–water partition coefficient (Wildman–Crippen LogP) is 1.05. The molecule has 2 atom stereocenters. The molecule has 4 heteroatoms. The molecule has 1 N–H and O–H groups in total. The summed E-state index contributed by atoms with van der Waals surface area (Å²) in [5.41, 5.74) is 0. The zero-order valence-corrected chi connectivity index (χ0v) is 10.2. The lowest BCUT2D eigenvalue weighted by atomic mass is 10.0. The second-order valence-electron chi connectivity index (χ2n) is 4.69. The summed E-state index contributed by atoms with van der Waals surface area (Å²) in [5, 5.41) is 3.69. The van der Waals surface area contributed by atoms with Gasteiger partial charge in [0.25, 0.3) is 0 Å². The van der Waals surface area contributed by atoms with E-state index in [0.29, 0.717) is 18.2 Å². The minimum Gasteiger partial charge on any atom is -0.378 e. The minimum atomic E-state index is -0.539. The van der Waals surface area contributed by atoms with E-state index < -0.39 is 10.8 Å². The highest BCUT2D eigenvalue weighted by molar-refractivity contribution is 7.85. The van der Waals surface area contributed by atoms with Crippen molar-refractivity contribution in [3.63, 3.8) is 0 Å². The van der Waals surface area contributed by atoms with Crippen LogP contribution in [0.5, 0.6) is 0 Å². The number of nitrogens with one attached hydrogen (secondary N) is 1. The highest BCUT2D eigenvalue weighted by atomic mass is 32.2. The highest BCUT2D eigenvalue weighted by Gasteiger charge is 2.24. The smallest absolute Gasteiger partial charge is 0.0561 e. The van der Waals surface area contributed by atoms with Gasteiger partial charge in [-0.05, 0) is 32.6 Å². The first-order valence-electron chi connectivity index (χ1n) is 5.96. The fraction of sp³-hybridized carbons (Fsp3) is 1.00. The van der Waals surface area contributed by atoms with E-state index in [1.807, 2.05) is 0 Å². The van der Waals surface area contributed by atoms with E-state index in [2.05, 4.69) is 12.2 Å². The Morgan fingerprint density at radius 1 is 1.20 bits per heavy atom. The van der Waals surface area contributed by atoms with Crippen LogP contribution in [-0.2, 0) is 15.5 Å². The molecule has 88 valence electrons. The molecule has 0 aromatic heterocycles. The molecule has 0 saturated carbocycles. The summed E-state index contributed by atoms with van der Waals surface area (Å²) in [6.07, 6.45) is 4.81. The Kier molecular flexibility index (Phi) is 4.17. The van der Waals surface area contributed by atoms with Gasteiger partial charge in [-0.15, -0.1) is 0 Å². The highest BCUT2D eigenvalue weighted by Crippen LogP contribution is 2.17. The number of rotatable bonds is 2. The van der Waals surface area contributed by atoms with Gasteiger partial charge in [-0.25, -0.2) is 0 Å². The number of ether oxygens (including phenoxy) is 1. The third-order valence-electron chi connectivity index (χ3n) is 3.34. The molecule has 2 unspecified atom stereocenters. The molecular formula is C11H21NO2S. The van der Waals surface area contributed by atoms with E-state index in [-0.39, 0.29) is 0 Å². The Balaban J connectivity index is 1.74. The maximum Gasteiger partial charge on any atom is 0.0561 e. The largest absolute Gasteiger partial charge is 0.378 e. The summed E-state index contributed by atoms with van der Waals surface area (Å²) in [7, 11) is -0.539. The summed E-state index contributed by atoms with van der Waals surface area (Å²) in [5.74, 6) is 1.77. The topological polar surface area (TPSA) is 38.3 Å². The van der Waals surface area contributed by atoms with E-state index in [9.17, 15) is 4.21 Å². The van der Waals surface area contributed by atoms with Gasteiger partial charge in [0.05, 0.1) is 6.10 Å². The standard InChI is InChI=1S/C11H21NO2S/c1-9-8-11(2-5-14-9)12-10-3-6-15(13)7-4-10/h9-12H,2-8H2,1H3. The third-order valence-corrected chi connectivity index (χ3v) is 4.73. The molecule has 2 fully saturated rings. The first-order chi connectivity index (χ1) is 7.24. The van der Waals surface area contributed by atoms with E-state index in [1.54, 1.807) is 0 Å². The number of hydrogen-bond donors (Lipinski definition) is 1. The summed E-state index contributed by atoms with van der Waals surface area (Å²) >= 11 is 0. The molecule has 2 aliphatic heterocycles. The van der Waals surface area contributed by atoms with E-state index in [0.717, 1.165) is 43.8 Å². The van der Waals surface area contributed by atoms with E-state index in [4.69, 9.17) is 4.74 Å². The second kappa shape index (κ2) is 5.41. The molecule has 15 heavy (non-hydrogen) atoms. The van der Waals surface area contributed by atoms with Crippen LogP contribution < -0.4 is 5.32 Å². The van der Waals surface area contributed by atoms with Gasteiger partial charge in [-0.3, -0.25) is 4.21 Å². The average molecular weight is 231 g/mol. The monoisotopic (exact) mass is 231 g/mol. The Hall–Kier alpha value is 0.0700. The van der Waals surface area contributed by atoms with Crippen LogP contribution in [0.3, 0.4) is 0 Å². The summed E-state index contributed by atoms with van der Waals surface area (Å²) in [4.78, 5) is 0. The van der Waals surface area contributed by atoms with Gasteiger partial charge < -0.3 is 10.1 Å². The first kappa shape index (κ1) is 11.6. The minimum absolute atomic E-state index is 0.397. The zero-order valence-electron chi connectivity index (χ0n) is 9.41. The quantitative estimate of drug-likeness (QED) is 0.772. The average Bonchev–Trinajstić information content (AvgIpc) is 2.22. The molecule has 0 aliphatic carbocycles. The Labute approximate surface area is 94.4 Å². The van der Waals surface area contributed by atoms with Crippen LogP contribution in [0.15, 0.2) is 0 Å². The van der Waals surface area contributed by atoms with Gasteiger partial charge in [-0.1, -0.05) is 0 Å². The van der Waals surface area contributed by atoms with Crippen molar-refractivity contribution in [2.24, 2.45) is 0 Å². The number of hydrogen-bond acceptors (Lipinski definition) is 3. The molecule has 0 amide bonds. The van der Waals surface area contributed by atoms with Crippen molar-refractivity contribution in [2.45, 2.75) is 50.8 Å². The van der Waals surface area contributed by atoms with Gasteiger partial charge in [0.1, 0.15) is 0 Å². The molecule has 3 nitrogen and oxygen atoms in total. The van der Waals surface area contributed by atoms with Gasteiger partial charge in [-0.2, -0.15) is 0 Å². The van der Waals surface area contributed by atoms with Crippen molar-refractivity contribution < 1.29 is 8.95 Å². The zero-order chi connectivity index (χ0) is 10.7. The van der Waals surface area contributed by atoms with Crippen LogP contribution in [0.1, 0.15) is 32.6 Å². The molecule has 2 saturated heterocycles. The first-order valence-corrected chi connectivity index (χ1v) is 7.45. The summed E-state index contributed by atoms with van der Waals surface area (Å²) < 4.78 is 16.7. The fourth-order valence-corrected chi connectivity index (χ4v) is 3.74. The molecule has 0 aromatic rings.